The van der Waals surface area contributed by atoms with Gasteiger partial charge in [-0.1, -0.05) is 63.7 Å². The summed E-state index contributed by atoms with van der Waals surface area (Å²) in [5.74, 6) is -0.530. The summed E-state index contributed by atoms with van der Waals surface area (Å²) in [6.07, 6.45) is 13.6. The fraction of sp³-hybridized carbons (Fsp3) is 0.739. The zero-order valence-electron chi connectivity index (χ0n) is 18.8. The number of aliphatic hydroxyl groups is 1. The van der Waals surface area contributed by atoms with Gasteiger partial charge in [0, 0.05) is 6.42 Å². The van der Waals surface area contributed by atoms with Crippen molar-refractivity contribution in [3.8, 4) is 0 Å². The molecule has 0 saturated heterocycles. The normalized spacial score (nSPS) is 20.0. The second kappa shape index (κ2) is 12.0. The molecule has 0 aromatic rings. The summed E-state index contributed by atoms with van der Waals surface area (Å²) in [5.41, 5.74) is -0.598. The van der Waals surface area contributed by atoms with Crippen molar-refractivity contribution in [2.45, 2.75) is 103 Å². The number of alkyl carbamates (subject to hydrolysis) is 1. The average molecular weight is 410 g/mol. The molecular formula is C23H39NO5. The van der Waals surface area contributed by atoms with Crippen LogP contribution < -0.4 is 5.32 Å². The Morgan fingerprint density at radius 1 is 1.21 bits per heavy atom. The summed E-state index contributed by atoms with van der Waals surface area (Å²) in [6, 6.07) is -0.837. The maximum atomic E-state index is 12.1. The van der Waals surface area contributed by atoms with Gasteiger partial charge < -0.3 is 19.9 Å². The Kier molecular flexibility index (Phi) is 10.4. The summed E-state index contributed by atoms with van der Waals surface area (Å²) < 4.78 is 10.0. The molecule has 0 aromatic carbocycles. The van der Waals surface area contributed by atoms with Gasteiger partial charge >= 0.3 is 12.1 Å². The van der Waals surface area contributed by atoms with E-state index in [1.54, 1.807) is 20.8 Å². The van der Waals surface area contributed by atoms with E-state index in [0.29, 0.717) is 6.42 Å². The molecule has 0 fully saturated rings. The van der Waals surface area contributed by atoms with Gasteiger partial charge in [-0.2, -0.15) is 0 Å². The summed E-state index contributed by atoms with van der Waals surface area (Å²) in [6.45, 7) is 7.48. The van der Waals surface area contributed by atoms with Crippen molar-refractivity contribution in [1.29, 1.82) is 0 Å². The number of hydrogen-bond donors (Lipinski definition) is 2. The van der Waals surface area contributed by atoms with E-state index in [4.69, 9.17) is 9.47 Å². The van der Waals surface area contributed by atoms with E-state index in [0.717, 1.165) is 24.8 Å². The first-order chi connectivity index (χ1) is 13.6. The molecule has 0 aromatic heterocycles. The van der Waals surface area contributed by atoms with Gasteiger partial charge in [0.15, 0.2) is 0 Å². The molecule has 1 amide bonds. The lowest BCUT2D eigenvalue weighted by molar-refractivity contribution is -0.143. The molecule has 2 atom stereocenters. The summed E-state index contributed by atoms with van der Waals surface area (Å²) in [7, 11) is 1.29. The second-order valence-electron chi connectivity index (χ2n) is 8.86. The van der Waals surface area contributed by atoms with Crippen molar-refractivity contribution in [3.63, 3.8) is 0 Å². The molecule has 0 aliphatic heterocycles. The predicted molar refractivity (Wildman–Crippen MR) is 115 cm³/mol. The zero-order valence-corrected chi connectivity index (χ0v) is 18.8. The zero-order chi connectivity index (χ0) is 21.9. The summed E-state index contributed by atoms with van der Waals surface area (Å²) >= 11 is 0. The molecule has 0 heterocycles. The van der Waals surface area contributed by atoms with E-state index in [1.807, 2.05) is 18.2 Å². The Morgan fingerprint density at radius 3 is 2.41 bits per heavy atom. The lowest BCUT2D eigenvalue weighted by Crippen LogP contribution is -2.44. The molecule has 0 saturated carbocycles. The number of methoxy groups -OCH3 is 1. The van der Waals surface area contributed by atoms with Crippen molar-refractivity contribution in [1.82, 2.24) is 5.32 Å². The van der Waals surface area contributed by atoms with Gasteiger partial charge in [-0.3, -0.25) is 0 Å². The van der Waals surface area contributed by atoms with Crippen molar-refractivity contribution >= 4 is 12.1 Å². The minimum Gasteiger partial charge on any atom is -0.467 e. The first kappa shape index (κ1) is 25.2. The minimum atomic E-state index is -0.837. The molecule has 2 N–H and O–H groups in total. The van der Waals surface area contributed by atoms with E-state index in [-0.39, 0.29) is 6.42 Å². The Morgan fingerprint density at radius 2 is 1.86 bits per heavy atom. The SMILES string of the molecule is CCCCCCCCC1(O)C=CC(C[C@@H](NC(=O)OC(C)(C)C)C(=O)OC)=CC1. The van der Waals surface area contributed by atoms with Gasteiger partial charge in [-0.05, 0) is 39.2 Å². The van der Waals surface area contributed by atoms with E-state index in [1.165, 1.54) is 32.8 Å². The Hall–Kier alpha value is -1.82. The molecule has 0 radical (unpaired) electrons. The molecule has 0 bridgehead atoms. The van der Waals surface area contributed by atoms with Gasteiger partial charge in [0.2, 0.25) is 0 Å². The molecule has 166 valence electrons. The van der Waals surface area contributed by atoms with Gasteiger partial charge in [-0.15, -0.1) is 0 Å². The minimum absolute atomic E-state index is 0.287. The third-order valence-electron chi connectivity index (χ3n) is 4.91. The predicted octanol–water partition coefficient (Wildman–Crippen LogP) is 4.81. The van der Waals surface area contributed by atoms with E-state index >= 15 is 0 Å². The largest absolute Gasteiger partial charge is 0.467 e. The molecule has 1 aliphatic carbocycles. The van der Waals surface area contributed by atoms with Crippen LogP contribution in [0.2, 0.25) is 0 Å². The maximum Gasteiger partial charge on any atom is 0.408 e. The smallest absolute Gasteiger partial charge is 0.408 e. The number of allylic oxidation sites excluding steroid dienone is 1. The lowest BCUT2D eigenvalue weighted by atomic mass is 9.86. The Bertz CT molecular complexity index is 591. The number of amides is 1. The highest BCUT2D eigenvalue weighted by atomic mass is 16.6. The molecule has 1 rings (SSSR count). The van der Waals surface area contributed by atoms with Crippen LogP contribution in [0.15, 0.2) is 23.8 Å². The highest BCUT2D eigenvalue weighted by Crippen LogP contribution is 2.28. The first-order valence-electron chi connectivity index (χ1n) is 10.8. The van der Waals surface area contributed by atoms with Gasteiger partial charge in [0.05, 0.1) is 12.7 Å². The monoisotopic (exact) mass is 409 g/mol. The first-order valence-corrected chi connectivity index (χ1v) is 10.8. The van der Waals surface area contributed by atoms with Crippen molar-refractivity contribution < 1.29 is 24.2 Å². The number of esters is 1. The van der Waals surface area contributed by atoms with Crippen LogP contribution in [0.4, 0.5) is 4.79 Å². The molecule has 0 spiro atoms. The summed E-state index contributed by atoms with van der Waals surface area (Å²) in [4.78, 5) is 24.1. The van der Waals surface area contributed by atoms with Crippen molar-refractivity contribution in [2.75, 3.05) is 7.11 Å². The number of rotatable bonds is 11. The second-order valence-corrected chi connectivity index (χ2v) is 8.86. The standard InChI is InChI=1S/C23H39NO5/c1-6-7-8-9-10-11-14-23(27)15-12-18(13-16-23)17-19(20(25)28-5)24-21(26)29-22(2,3)4/h12-13,15,19,27H,6-11,14,16-17H2,1-5H3,(H,24,26)/t19-,23?/m1/s1. The number of nitrogens with one attached hydrogen (secondary N) is 1. The van der Waals surface area contributed by atoms with Crippen LogP contribution in [0.3, 0.4) is 0 Å². The van der Waals surface area contributed by atoms with Crippen LogP contribution >= 0.6 is 0 Å². The number of carbonyl (C=O) groups excluding carboxylic acids is 2. The highest BCUT2D eigenvalue weighted by Gasteiger charge is 2.28. The molecular weight excluding hydrogens is 370 g/mol. The molecule has 29 heavy (non-hydrogen) atoms. The fourth-order valence-electron chi connectivity index (χ4n) is 3.28. The van der Waals surface area contributed by atoms with Crippen LogP contribution in [-0.2, 0) is 14.3 Å². The molecule has 6 nitrogen and oxygen atoms in total. The third kappa shape index (κ3) is 10.5. The van der Waals surface area contributed by atoms with E-state index in [9.17, 15) is 14.7 Å². The number of hydrogen-bond acceptors (Lipinski definition) is 5. The van der Waals surface area contributed by atoms with Gasteiger partial charge in [0.1, 0.15) is 11.6 Å². The molecule has 1 unspecified atom stereocenters. The number of ether oxygens (including phenoxy) is 2. The lowest BCUT2D eigenvalue weighted by Gasteiger charge is -2.28. The van der Waals surface area contributed by atoms with Gasteiger partial charge in [-0.25, -0.2) is 9.59 Å². The highest BCUT2D eigenvalue weighted by molar-refractivity contribution is 5.81. The Balaban J connectivity index is 2.55. The quantitative estimate of drug-likeness (QED) is 0.378. The Labute approximate surface area is 175 Å². The van der Waals surface area contributed by atoms with Crippen molar-refractivity contribution in [2.24, 2.45) is 0 Å². The van der Waals surface area contributed by atoms with E-state index in [2.05, 4.69) is 12.2 Å². The topological polar surface area (TPSA) is 84.9 Å². The van der Waals surface area contributed by atoms with Crippen LogP contribution in [0.5, 0.6) is 0 Å². The van der Waals surface area contributed by atoms with Crippen LogP contribution in [0, 0.1) is 0 Å². The van der Waals surface area contributed by atoms with Crippen LogP contribution in [0.1, 0.15) is 85.5 Å². The maximum absolute atomic E-state index is 12.1. The number of unbranched alkanes of at least 4 members (excludes halogenated alkanes) is 5. The van der Waals surface area contributed by atoms with Gasteiger partial charge in [0.25, 0.3) is 0 Å². The summed E-state index contributed by atoms with van der Waals surface area (Å²) in [5, 5.41) is 13.3. The van der Waals surface area contributed by atoms with Crippen molar-refractivity contribution in [3.05, 3.63) is 23.8 Å². The van der Waals surface area contributed by atoms with Crippen LogP contribution in [0.25, 0.3) is 0 Å². The van der Waals surface area contributed by atoms with E-state index < -0.39 is 29.3 Å². The third-order valence-corrected chi connectivity index (χ3v) is 4.91. The molecule has 1 aliphatic rings. The average Bonchev–Trinajstić information content (AvgIpc) is 2.64. The number of carbonyl (C=O) groups is 2. The van der Waals surface area contributed by atoms with Crippen LogP contribution in [-0.4, -0.2) is 41.5 Å². The molecule has 6 heteroatoms. The fourth-order valence-corrected chi connectivity index (χ4v) is 3.28.